The van der Waals surface area contributed by atoms with E-state index in [-0.39, 0.29) is 11.4 Å². The zero-order valence-electron chi connectivity index (χ0n) is 21.0. The topological polar surface area (TPSA) is 147 Å². The third-order valence-electron chi connectivity index (χ3n) is 5.50. The fraction of sp³-hybridized carbons (Fsp3) is 0.478. The monoisotopic (exact) mass is 571 g/mol. The molecule has 0 aliphatic carbocycles. The van der Waals surface area contributed by atoms with E-state index in [2.05, 4.69) is 20.0 Å². The first-order valence-corrected chi connectivity index (χ1v) is 13.7. The van der Waals surface area contributed by atoms with Crippen molar-refractivity contribution in [2.45, 2.75) is 63.4 Å². The van der Waals surface area contributed by atoms with Gasteiger partial charge in [-0.3, -0.25) is 13.9 Å². The molecule has 0 amide bonds. The minimum Gasteiger partial charge on any atom is -0.462 e. The van der Waals surface area contributed by atoms with Crippen molar-refractivity contribution in [3.63, 3.8) is 0 Å². The average molecular weight is 572 g/mol. The van der Waals surface area contributed by atoms with Gasteiger partial charge in [0.05, 0.1) is 25.2 Å². The lowest BCUT2D eigenvalue weighted by Crippen LogP contribution is -2.40. The van der Waals surface area contributed by atoms with Crippen molar-refractivity contribution in [2.75, 3.05) is 6.61 Å². The van der Waals surface area contributed by atoms with Gasteiger partial charge in [0.15, 0.2) is 11.9 Å². The number of benzene rings is 1. The molecule has 1 aromatic carbocycles. The molecule has 0 bridgehead atoms. The van der Waals surface area contributed by atoms with E-state index in [9.17, 15) is 14.5 Å². The van der Waals surface area contributed by atoms with Crippen LogP contribution in [0.15, 0.2) is 42.9 Å². The summed E-state index contributed by atoms with van der Waals surface area (Å²) in [6, 6.07) is 7.00. The van der Waals surface area contributed by atoms with Gasteiger partial charge in [-0.15, -0.1) is 0 Å². The number of hydrogen-bond acceptors (Lipinski definition) is 10. The second-order valence-electron chi connectivity index (χ2n) is 8.96. The molecule has 2 aromatic heterocycles. The SMILES string of the molecule is Cc1ncc2ncn([C@@H]3O[C@H](CO[P@@](=O)(N[C@@H](C)C(=O)OC(C)C)Oc4ccccc4)[C@@H](O)[C@]3(F)Cl)c2n1. The molecule has 12 nitrogen and oxygen atoms in total. The number of rotatable bonds is 10. The van der Waals surface area contributed by atoms with Crippen LogP contribution in [-0.2, 0) is 23.4 Å². The van der Waals surface area contributed by atoms with Gasteiger partial charge in [-0.25, -0.2) is 23.9 Å². The predicted molar refractivity (Wildman–Crippen MR) is 134 cm³/mol. The molecule has 1 fully saturated rings. The summed E-state index contributed by atoms with van der Waals surface area (Å²) < 4.78 is 52.4. The molecule has 3 heterocycles. The number of carbonyl (C=O) groups excluding carboxylic acids is 1. The van der Waals surface area contributed by atoms with E-state index >= 15 is 4.39 Å². The van der Waals surface area contributed by atoms with E-state index in [1.165, 1.54) is 36.1 Å². The van der Waals surface area contributed by atoms with Crippen LogP contribution in [-0.4, -0.2) is 66.7 Å². The van der Waals surface area contributed by atoms with Crippen molar-refractivity contribution in [1.29, 1.82) is 0 Å². The summed E-state index contributed by atoms with van der Waals surface area (Å²) in [4.78, 5) is 24.7. The number of fused-ring (bicyclic) bond motifs is 1. The normalized spacial score (nSPS) is 25.8. The fourth-order valence-electron chi connectivity index (χ4n) is 3.70. The number of imidazole rings is 1. The van der Waals surface area contributed by atoms with Gasteiger partial charge in [0.2, 0.25) is 0 Å². The van der Waals surface area contributed by atoms with Crippen LogP contribution in [0.1, 0.15) is 32.8 Å². The number of carbonyl (C=O) groups is 1. The summed E-state index contributed by atoms with van der Waals surface area (Å²) in [5.41, 5.74) is 0.615. The Hall–Kier alpha value is -2.67. The zero-order valence-corrected chi connectivity index (χ0v) is 22.7. The summed E-state index contributed by atoms with van der Waals surface area (Å²) in [7, 11) is -4.29. The lowest BCUT2D eigenvalue weighted by atomic mass is 10.1. The number of alkyl halides is 2. The van der Waals surface area contributed by atoms with Crippen LogP contribution >= 0.6 is 19.3 Å². The average Bonchev–Trinajstić information content (AvgIpc) is 3.35. The molecule has 38 heavy (non-hydrogen) atoms. The molecule has 0 unspecified atom stereocenters. The molecule has 1 aliphatic rings. The van der Waals surface area contributed by atoms with Gasteiger partial charge >= 0.3 is 13.7 Å². The summed E-state index contributed by atoms with van der Waals surface area (Å²) in [5, 5.41) is 10.4. The number of hydrogen-bond donors (Lipinski definition) is 2. The number of aromatic nitrogens is 4. The molecule has 4 rings (SSSR count). The Kier molecular flexibility index (Phi) is 8.36. The van der Waals surface area contributed by atoms with Crippen LogP contribution in [0.2, 0.25) is 0 Å². The van der Waals surface area contributed by atoms with Crippen molar-refractivity contribution >= 4 is 36.5 Å². The molecule has 0 spiro atoms. The summed E-state index contributed by atoms with van der Waals surface area (Å²) in [6.45, 7) is 5.80. The molecule has 6 atom stereocenters. The number of aliphatic hydroxyl groups excluding tert-OH is 1. The largest absolute Gasteiger partial charge is 0.462 e. The first kappa shape index (κ1) is 28.3. The van der Waals surface area contributed by atoms with E-state index in [4.69, 9.17) is 30.1 Å². The Morgan fingerprint density at radius 2 is 2.03 bits per heavy atom. The first-order valence-electron chi connectivity index (χ1n) is 11.7. The van der Waals surface area contributed by atoms with E-state index in [0.29, 0.717) is 11.3 Å². The second kappa shape index (κ2) is 11.2. The van der Waals surface area contributed by atoms with Crippen LogP contribution in [0.4, 0.5) is 4.39 Å². The highest BCUT2D eigenvalue weighted by Gasteiger charge is 2.58. The van der Waals surface area contributed by atoms with Crippen molar-refractivity contribution in [3.05, 3.63) is 48.7 Å². The maximum atomic E-state index is 15.6. The third kappa shape index (κ3) is 6.14. The number of aliphatic hydroxyl groups is 1. The Balaban J connectivity index is 1.54. The van der Waals surface area contributed by atoms with Gasteiger partial charge in [-0.2, -0.15) is 5.09 Å². The van der Waals surface area contributed by atoms with E-state index in [0.717, 1.165) is 0 Å². The van der Waals surface area contributed by atoms with Gasteiger partial charge in [-0.1, -0.05) is 29.8 Å². The number of esters is 1. The maximum Gasteiger partial charge on any atom is 0.459 e. The minimum absolute atomic E-state index is 0.177. The van der Waals surface area contributed by atoms with Crippen molar-refractivity contribution in [3.8, 4) is 5.75 Å². The van der Waals surface area contributed by atoms with Gasteiger partial charge in [0.25, 0.3) is 5.13 Å². The molecule has 1 saturated heterocycles. The van der Waals surface area contributed by atoms with Crippen LogP contribution in [0.5, 0.6) is 5.75 Å². The Bertz CT molecular complexity index is 1330. The van der Waals surface area contributed by atoms with Gasteiger partial charge in [-0.05, 0) is 39.8 Å². The van der Waals surface area contributed by atoms with Crippen LogP contribution in [0, 0.1) is 6.92 Å². The highest BCUT2D eigenvalue weighted by molar-refractivity contribution is 7.52. The quantitative estimate of drug-likeness (QED) is 0.209. The van der Waals surface area contributed by atoms with Crippen molar-refractivity contribution in [2.24, 2.45) is 0 Å². The molecule has 2 N–H and O–H groups in total. The highest BCUT2D eigenvalue weighted by atomic mass is 35.5. The number of para-hydroxylation sites is 1. The Labute approximate surface area is 223 Å². The minimum atomic E-state index is -4.29. The predicted octanol–water partition coefficient (Wildman–Crippen LogP) is 3.43. The lowest BCUT2D eigenvalue weighted by Gasteiger charge is -2.25. The molecular weight excluding hydrogens is 544 g/mol. The number of nitrogens with one attached hydrogen (secondary N) is 1. The molecule has 1 aliphatic heterocycles. The first-order chi connectivity index (χ1) is 17.9. The van der Waals surface area contributed by atoms with Crippen LogP contribution < -0.4 is 9.61 Å². The number of ether oxygens (including phenoxy) is 2. The highest BCUT2D eigenvalue weighted by Crippen LogP contribution is 2.49. The fourth-order valence-corrected chi connectivity index (χ4v) is 5.49. The summed E-state index contributed by atoms with van der Waals surface area (Å²) in [6.07, 6.45) is -2.50. The van der Waals surface area contributed by atoms with Crippen LogP contribution in [0.25, 0.3) is 11.2 Å². The maximum absolute atomic E-state index is 15.6. The van der Waals surface area contributed by atoms with Crippen LogP contribution in [0.3, 0.4) is 0 Å². The van der Waals surface area contributed by atoms with Gasteiger partial charge in [0.1, 0.15) is 35.3 Å². The number of aryl methyl sites for hydroxylation is 1. The molecule has 3 aromatic rings. The number of nitrogens with zero attached hydrogens (tertiary/aromatic N) is 4. The molecular formula is C23H28ClFN5O7P. The summed E-state index contributed by atoms with van der Waals surface area (Å²) in [5.74, 6) is -0.104. The zero-order chi connectivity index (χ0) is 27.7. The van der Waals surface area contributed by atoms with E-state index in [1.54, 1.807) is 39.0 Å². The lowest BCUT2D eigenvalue weighted by molar-refractivity contribution is -0.149. The molecule has 0 radical (unpaired) electrons. The van der Waals surface area contributed by atoms with Crippen molar-refractivity contribution in [1.82, 2.24) is 24.6 Å². The third-order valence-corrected chi connectivity index (χ3v) is 7.56. The second-order valence-corrected chi connectivity index (χ2v) is 11.2. The Morgan fingerprint density at radius 3 is 2.71 bits per heavy atom. The summed E-state index contributed by atoms with van der Waals surface area (Å²) >= 11 is 6.10. The Morgan fingerprint density at radius 1 is 1.32 bits per heavy atom. The van der Waals surface area contributed by atoms with E-state index in [1.807, 2.05) is 0 Å². The molecule has 15 heteroatoms. The molecule has 206 valence electrons. The van der Waals surface area contributed by atoms with Gasteiger partial charge in [0, 0.05) is 0 Å². The van der Waals surface area contributed by atoms with Crippen molar-refractivity contribution < 1.29 is 37.4 Å². The smallest absolute Gasteiger partial charge is 0.459 e. The van der Waals surface area contributed by atoms with Gasteiger partial charge < -0.3 is 19.1 Å². The number of halogens is 2. The standard InChI is InChI=1S/C23H28ClFN5O7P/c1-13(2)35-21(32)14(3)29-38(33,37-16-8-6-5-7-9-16)34-11-18-19(31)23(24,25)22(36-18)30-12-27-17-10-26-15(4)28-20(17)30/h5-10,12-14,18-19,22,31H,11H2,1-4H3,(H,29,33)/t14-,18+,19+,22+,23+,38-/m0/s1. The molecule has 0 saturated carbocycles. The van der Waals surface area contributed by atoms with E-state index < -0.39 is 56.0 Å².